The summed E-state index contributed by atoms with van der Waals surface area (Å²) in [6.45, 7) is 0. The highest BCUT2D eigenvalue weighted by molar-refractivity contribution is 7.80. The first-order valence-corrected chi connectivity index (χ1v) is 12.4. The number of carbonyl (C=O) groups is 1. The lowest BCUT2D eigenvalue weighted by Gasteiger charge is -2.08. The van der Waals surface area contributed by atoms with Gasteiger partial charge in [0.15, 0.2) is 10.7 Å². The quantitative estimate of drug-likeness (QED) is 0.164. The Morgan fingerprint density at radius 2 is 1.76 bits per heavy atom. The fraction of sp³-hybridized carbons (Fsp3) is 0. The molecule has 2 aromatic heterocycles. The topological polar surface area (TPSA) is 80.3 Å². The van der Waals surface area contributed by atoms with Gasteiger partial charge in [-0.2, -0.15) is 0 Å². The molecule has 0 saturated heterocycles. The van der Waals surface area contributed by atoms with Gasteiger partial charge in [0, 0.05) is 27.9 Å². The van der Waals surface area contributed by atoms with Gasteiger partial charge in [-0.1, -0.05) is 40.9 Å². The normalized spacial score (nSPS) is 11.2. The molecular formula is C27H16Cl3N3O3S. The van der Waals surface area contributed by atoms with E-state index in [4.69, 9.17) is 55.9 Å². The maximum Gasteiger partial charge on any atom is 0.250 e. The Kier molecular flexibility index (Phi) is 7.30. The van der Waals surface area contributed by atoms with Gasteiger partial charge in [0.2, 0.25) is 11.8 Å². The minimum absolute atomic E-state index is 0.143. The Bertz CT molecular complexity index is 1660. The van der Waals surface area contributed by atoms with E-state index in [0.29, 0.717) is 54.8 Å². The van der Waals surface area contributed by atoms with Crippen LogP contribution in [-0.4, -0.2) is 16.0 Å². The predicted molar refractivity (Wildman–Crippen MR) is 152 cm³/mol. The highest BCUT2D eigenvalue weighted by atomic mass is 35.5. The molecule has 5 rings (SSSR count). The third-order valence-corrected chi connectivity index (χ3v) is 6.48. The van der Waals surface area contributed by atoms with Gasteiger partial charge in [0.25, 0.3) is 0 Å². The number of thiocarbonyl (C=S) groups is 1. The van der Waals surface area contributed by atoms with Crippen molar-refractivity contribution in [2.75, 3.05) is 5.32 Å². The summed E-state index contributed by atoms with van der Waals surface area (Å²) in [6.07, 6.45) is 2.85. The molecule has 0 spiro atoms. The summed E-state index contributed by atoms with van der Waals surface area (Å²) in [5.41, 5.74) is 3.47. The molecule has 0 aliphatic heterocycles. The molecule has 3 aromatic carbocycles. The minimum Gasteiger partial charge on any atom is -0.457 e. The van der Waals surface area contributed by atoms with Crippen LogP contribution in [-0.2, 0) is 4.79 Å². The third kappa shape index (κ3) is 5.87. The zero-order chi connectivity index (χ0) is 25.9. The average Bonchev–Trinajstić information content (AvgIpc) is 3.52. The summed E-state index contributed by atoms with van der Waals surface area (Å²) in [5.74, 6) is 1.06. The van der Waals surface area contributed by atoms with E-state index in [1.807, 2.05) is 12.1 Å². The number of rotatable bonds is 5. The highest BCUT2D eigenvalue weighted by Crippen LogP contribution is 2.34. The molecule has 0 atom stereocenters. The van der Waals surface area contributed by atoms with E-state index in [1.54, 1.807) is 60.7 Å². The van der Waals surface area contributed by atoms with Gasteiger partial charge in [-0.25, -0.2) is 4.98 Å². The number of nitrogens with one attached hydrogen (secondary N) is 2. The maximum absolute atomic E-state index is 12.3. The Labute approximate surface area is 231 Å². The summed E-state index contributed by atoms with van der Waals surface area (Å²) >= 11 is 23.6. The van der Waals surface area contributed by atoms with Crippen LogP contribution in [0, 0.1) is 0 Å². The fourth-order valence-electron chi connectivity index (χ4n) is 3.48. The van der Waals surface area contributed by atoms with Crippen molar-refractivity contribution in [3.8, 4) is 22.8 Å². The zero-order valence-electron chi connectivity index (χ0n) is 18.8. The SMILES string of the molecule is O=C(C=Cc1ccc(-c2cccc(Cl)c2Cl)o1)NC(=S)Nc1ccc(-c2nc3cc(Cl)ccc3o2)cc1. The van der Waals surface area contributed by atoms with E-state index >= 15 is 0 Å². The molecule has 0 saturated carbocycles. The standard InChI is InChI=1S/C27H16Cl3N3O3S/c28-16-6-11-23-21(14-16)32-26(36-23)15-4-7-17(8-5-15)31-27(37)33-24(34)13-10-18-9-12-22(35-18)19-2-1-3-20(29)25(19)30/h1-14H,(H2,31,33,34,37). The van der Waals surface area contributed by atoms with E-state index in [1.165, 1.54) is 12.2 Å². The summed E-state index contributed by atoms with van der Waals surface area (Å²) in [5, 5.41) is 7.12. The van der Waals surface area contributed by atoms with Gasteiger partial charge < -0.3 is 14.2 Å². The van der Waals surface area contributed by atoms with Crippen LogP contribution >= 0.6 is 47.0 Å². The van der Waals surface area contributed by atoms with Crippen LogP contribution in [0.25, 0.3) is 40.0 Å². The van der Waals surface area contributed by atoms with Gasteiger partial charge in [-0.05, 0) is 85.0 Å². The lowest BCUT2D eigenvalue weighted by atomic mass is 10.2. The van der Waals surface area contributed by atoms with Crippen LogP contribution in [0.3, 0.4) is 0 Å². The van der Waals surface area contributed by atoms with Crippen molar-refractivity contribution in [1.82, 2.24) is 10.3 Å². The number of fused-ring (bicyclic) bond motifs is 1. The molecular weight excluding hydrogens is 553 g/mol. The molecule has 2 heterocycles. The molecule has 0 fully saturated rings. The Morgan fingerprint density at radius 1 is 0.946 bits per heavy atom. The number of hydrogen-bond acceptors (Lipinski definition) is 5. The van der Waals surface area contributed by atoms with Gasteiger partial charge in [-0.15, -0.1) is 0 Å². The number of amides is 1. The predicted octanol–water partition coefficient (Wildman–Crippen LogP) is 8.24. The number of oxazole rings is 1. The van der Waals surface area contributed by atoms with Crippen molar-refractivity contribution in [3.63, 3.8) is 0 Å². The Morgan fingerprint density at radius 3 is 2.57 bits per heavy atom. The lowest BCUT2D eigenvalue weighted by molar-refractivity contribution is -0.115. The number of aromatic nitrogens is 1. The molecule has 2 N–H and O–H groups in total. The molecule has 37 heavy (non-hydrogen) atoms. The summed E-state index contributed by atoms with van der Waals surface area (Å²) < 4.78 is 11.5. The van der Waals surface area contributed by atoms with Crippen molar-refractivity contribution < 1.29 is 13.6 Å². The maximum atomic E-state index is 12.3. The first kappa shape index (κ1) is 25.0. The monoisotopic (exact) mass is 567 g/mol. The van der Waals surface area contributed by atoms with Gasteiger partial charge in [0.05, 0.1) is 10.0 Å². The smallest absolute Gasteiger partial charge is 0.250 e. The molecule has 0 unspecified atom stereocenters. The molecule has 0 bridgehead atoms. The van der Waals surface area contributed by atoms with E-state index < -0.39 is 5.91 Å². The number of halogens is 3. The first-order chi connectivity index (χ1) is 17.9. The van der Waals surface area contributed by atoms with Crippen molar-refractivity contribution >= 4 is 80.9 Å². The van der Waals surface area contributed by atoms with Crippen LogP contribution < -0.4 is 10.6 Å². The number of hydrogen-bond donors (Lipinski definition) is 2. The second-order valence-corrected chi connectivity index (χ2v) is 9.42. The minimum atomic E-state index is -0.419. The van der Waals surface area contributed by atoms with E-state index in [2.05, 4.69) is 15.6 Å². The van der Waals surface area contributed by atoms with Crippen LogP contribution in [0.4, 0.5) is 5.69 Å². The molecule has 10 heteroatoms. The highest BCUT2D eigenvalue weighted by Gasteiger charge is 2.11. The molecule has 5 aromatic rings. The third-order valence-electron chi connectivity index (χ3n) is 5.22. The first-order valence-electron chi connectivity index (χ1n) is 10.9. The van der Waals surface area contributed by atoms with Crippen molar-refractivity contribution in [1.29, 1.82) is 0 Å². The number of anilines is 1. The van der Waals surface area contributed by atoms with Crippen LogP contribution in [0.5, 0.6) is 0 Å². The van der Waals surface area contributed by atoms with Gasteiger partial charge >= 0.3 is 0 Å². The van der Waals surface area contributed by atoms with Crippen molar-refractivity contribution in [3.05, 3.63) is 99.7 Å². The molecule has 0 aliphatic rings. The molecule has 1 amide bonds. The summed E-state index contributed by atoms with van der Waals surface area (Å²) in [7, 11) is 0. The molecule has 184 valence electrons. The number of carbonyl (C=O) groups excluding carboxylic acids is 1. The summed E-state index contributed by atoms with van der Waals surface area (Å²) in [4.78, 5) is 16.8. The second kappa shape index (κ2) is 10.8. The van der Waals surface area contributed by atoms with E-state index in [-0.39, 0.29) is 5.11 Å². The molecule has 0 radical (unpaired) electrons. The lowest BCUT2D eigenvalue weighted by Crippen LogP contribution is -2.32. The molecule has 0 aliphatic carbocycles. The van der Waals surface area contributed by atoms with Crippen LogP contribution in [0.1, 0.15) is 5.76 Å². The largest absolute Gasteiger partial charge is 0.457 e. The van der Waals surface area contributed by atoms with Crippen molar-refractivity contribution in [2.24, 2.45) is 0 Å². The van der Waals surface area contributed by atoms with Gasteiger partial charge in [0.1, 0.15) is 17.0 Å². The van der Waals surface area contributed by atoms with E-state index in [9.17, 15) is 4.79 Å². The fourth-order valence-corrected chi connectivity index (χ4v) is 4.25. The second-order valence-electron chi connectivity index (χ2n) is 7.79. The Balaban J connectivity index is 1.17. The zero-order valence-corrected chi connectivity index (χ0v) is 21.9. The van der Waals surface area contributed by atoms with Gasteiger partial charge in [-0.3, -0.25) is 10.1 Å². The number of nitrogens with zero attached hydrogens (tertiary/aromatic N) is 1. The van der Waals surface area contributed by atoms with Crippen LogP contribution in [0.15, 0.2) is 87.7 Å². The number of furan rings is 1. The summed E-state index contributed by atoms with van der Waals surface area (Å²) in [6, 6.07) is 21.3. The van der Waals surface area contributed by atoms with Crippen LogP contribution in [0.2, 0.25) is 15.1 Å². The van der Waals surface area contributed by atoms with E-state index in [0.717, 1.165) is 5.56 Å². The average molecular weight is 569 g/mol. The number of benzene rings is 3. The molecule has 6 nitrogen and oxygen atoms in total. The Hall–Kier alpha value is -3.62. The van der Waals surface area contributed by atoms with Crippen molar-refractivity contribution in [2.45, 2.75) is 0 Å².